The Bertz CT molecular complexity index is 286. The number of Topliss-reactive ketones (excluding diaryl/α,β-unsaturated/α-hetero) is 1. The van der Waals surface area contributed by atoms with E-state index in [9.17, 15) is 9.90 Å². The number of hydrogen-bond donors (Lipinski definition) is 1. The van der Waals surface area contributed by atoms with E-state index in [1.807, 2.05) is 19.1 Å². The number of ketones is 1. The summed E-state index contributed by atoms with van der Waals surface area (Å²) in [6.07, 6.45) is 5.31. The van der Waals surface area contributed by atoms with Gasteiger partial charge in [0, 0.05) is 17.4 Å². The molecule has 2 heteroatoms. The minimum Gasteiger partial charge on any atom is -0.511 e. The van der Waals surface area contributed by atoms with Gasteiger partial charge in [0.2, 0.25) is 0 Å². The molecule has 0 aromatic carbocycles. The van der Waals surface area contributed by atoms with Crippen molar-refractivity contribution < 1.29 is 9.90 Å². The molecule has 0 spiro atoms. The zero-order valence-electron chi connectivity index (χ0n) is 7.08. The second-order valence-electron chi connectivity index (χ2n) is 3.42. The maximum absolute atomic E-state index is 11.6. The van der Waals surface area contributed by atoms with E-state index in [0.29, 0.717) is 17.8 Å². The van der Waals surface area contributed by atoms with Crippen LogP contribution in [0.1, 0.15) is 19.8 Å². The summed E-state index contributed by atoms with van der Waals surface area (Å²) in [5.41, 5.74) is 0.640. The Morgan fingerprint density at radius 1 is 1.50 bits per heavy atom. The predicted octanol–water partition coefficient (Wildman–Crippen LogP) is 1.98. The molecule has 0 heterocycles. The minimum absolute atomic E-state index is 0.0563. The highest BCUT2D eigenvalue weighted by Crippen LogP contribution is 2.37. The monoisotopic (exact) mass is 164 g/mol. The van der Waals surface area contributed by atoms with Gasteiger partial charge in [-0.2, -0.15) is 0 Å². The number of aliphatic hydroxyl groups excluding tert-OH is 1. The normalized spacial score (nSPS) is 33.2. The first kappa shape index (κ1) is 7.59. The quantitative estimate of drug-likeness (QED) is 0.602. The van der Waals surface area contributed by atoms with Crippen LogP contribution in [0.5, 0.6) is 0 Å². The number of carbonyl (C=O) groups excluding carboxylic acids is 1. The van der Waals surface area contributed by atoms with Crippen LogP contribution in [0.15, 0.2) is 23.5 Å². The summed E-state index contributed by atoms with van der Waals surface area (Å²) in [6, 6.07) is 0. The largest absolute Gasteiger partial charge is 0.511 e. The molecule has 2 bridgehead atoms. The van der Waals surface area contributed by atoms with Crippen molar-refractivity contribution in [3.05, 3.63) is 23.5 Å². The highest BCUT2D eigenvalue weighted by Gasteiger charge is 2.36. The summed E-state index contributed by atoms with van der Waals surface area (Å²) in [4.78, 5) is 11.6. The lowest BCUT2D eigenvalue weighted by Gasteiger charge is -2.20. The molecule has 1 N–H and O–H groups in total. The average molecular weight is 164 g/mol. The number of rotatable bonds is 1. The summed E-state index contributed by atoms with van der Waals surface area (Å²) >= 11 is 0. The molecule has 0 saturated carbocycles. The Morgan fingerprint density at radius 2 is 2.17 bits per heavy atom. The van der Waals surface area contributed by atoms with Gasteiger partial charge in [0.25, 0.3) is 0 Å². The number of carbonyl (C=O) groups is 1. The number of fused-ring (bicyclic) bond motifs is 2. The molecule has 2 aliphatic carbocycles. The van der Waals surface area contributed by atoms with Crippen molar-refractivity contribution in [1.82, 2.24) is 0 Å². The molecular weight excluding hydrogens is 152 g/mol. The molecule has 2 nitrogen and oxygen atoms in total. The maximum atomic E-state index is 11.6. The minimum atomic E-state index is 0.0563. The summed E-state index contributed by atoms with van der Waals surface area (Å²) in [5, 5.41) is 9.63. The third-order valence-corrected chi connectivity index (χ3v) is 2.73. The molecule has 0 fully saturated rings. The van der Waals surface area contributed by atoms with Gasteiger partial charge >= 0.3 is 0 Å². The highest BCUT2D eigenvalue weighted by atomic mass is 16.3. The van der Waals surface area contributed by atoms with E-state index < -0.39 is 0 Å². The lowest BCUT2D eigenvalue weighted by Crippen LogP contribution is -2.22. The third kappa shape index (κ3) is 0.840. The first-order valence-electron chi connectivity index (χ1n) is 4.38. The molecule has 0 saturated heterocycles. The Morgan fingerprint density at radius 3 is 2.83 bits per heavy atom. The topological polar surface area (TPSA) is 37.3 Å². The van der Waals surface area contributed by atoms with Gasteiger partial charge in [0.15, 0.2) is 5.78 Å². The SMILES string of the molecule is CCC1=C(O)C2C=CC(C2)C1=O. The second kappa shape index (κ2) is 2.47. The second-order valence-corrected chi connectivity index (χ2v) is 3.42. The molecule has 2 atom stereocenters. The molecule has 2 unspecified atom stereocenters. The van der Waals surface area contributed by atoms with Gasteiger partial charge in [-0.1, -0.05) is 19.1 Å². The molecule has 0 radical (unpaired) electrons. The smallest absolute Gasteiger partial charge is 0.169 e. The Balaban J connectivity index is 2.44. The number of hydrogen-bond acceptors (Lipinski definition) is 2. The first-order valence-corrected chi connectivity index (χ1v) is 4.38. The van der Waals surface area contributed by atoms with Crippen molar-refractivity contribution in [2.24, 2.45) is 11.8 Å². The van der Waals surface area contributed by atoms with Gasteiger partial charge in [-0.15, -0.1) is 0 Å². The summed E-state index contributed by atoms with van der Waals surface area (Å²) in [5.74, 6) is 0.621. The molecule has 0 amide bonds. The molecule has 2 aliphatic rings. The Hall–Kier alpha value is -1.05. The van der Waals surface area contributed by atoms with Crippen LogP contribution >= 0.6 is 0 Å². The molecule has 64 valence electrons. The van der Waals surface area contributed by atoms with Crippen LogP contribution in [0.4, 0.5) is 0 Å². The predicted molar refractivity (Wildman–Crippen MR) is 45.7 cm³/mol. The fourth-order valence-electron chi connectivity index (χ4n) is 2.03. The van der Waals surface area contributed by atoms with Gasteiger partial charge in [0.05, 0.1) is 0 Å². The lowest BCUT2D eigenvalue weighted by atomic mass is 9.84. The van der Waals surface area contributed by atoms with Crippen LogP contribution in [0.25, 0.3) is 0 Å². The van der Waals surface area contributed by atoms with Gasteiger partial charge in [-0.25, -0.2) is 0 Å². The molecule has 0 aromatic rings. The van der Waals surface area contributed by atoms with E-state index >= 15 is 0 Å². The third-order valence-electron chi connectivity index (χ3n) is 2.73. The average Bonchev–Trinajstić information content (AvgIpc) is 2.48. The van der Waals surface area contributed by atoms with Crippen LogP contribution in [-0.4, -0.2) is 10.9 Å². The van der Waals surface area contributed by atoms with Crippen LogP contribution in [0.2, 0.25) is 0 Å². The summed E-state index contributed by atoms with van der Waals surface area (Å²) in [7, 11) is 0. The number of allylic oxidation sites excluding steroid dienone is 3. The summed E-state index contributed by atoms with van der Waals surface area (Å²) in [6.45, 7) is 1.91. The standard InChI is InChI=1S/C10H12O2/c1-2-8-9(11)6-3-4-7(5-6)10(8)12/h3-4,6-7,11H,2,5H2,1H3. The fourth-order valence-corrected chi connectivity index (χ4v) is 2.03. The van der Waals surface area contributed by atoms with E-state index in [-0.39, 0.29) is 17.6 Å². The molecule has 0 aromatic heterocycles. The van der Waals surface area contributed by atoms with Crippen molar-refractivity contribution in [3.63, 3.8) is 0 Å². The van der Waals surface area contributed by atoms with E-state index in [1.165, 1.54) is 0 Å². The van der Waals surface area contributed by atoms with Crippen LogP contribution in [-0.2, 0) is 4.79 Å². The number of aliphatic hydroxyl groups is 1. The summed E-state index contributed by atoms with van der Waals surface area (Å²) < 4.78 is 0. The van der Waals surface area contributed by atoms with E-state index in [0.717, 1.165) is 6.42 Å². The highest BCUT2D eigenvalue weighted by molar-refractivity contribution is 6.00. The molecule has 0 aliphatic heterocycles. The zero-order chi connectivity index (χ0) is 8.72. The maximum Gasteiger partial charge on any atom is 0.169 e. The van der Waals surface area contributed by atoms with Crippen molar-refractivity contribution in [2.75, 3.05) is 0 Å². The van der Waals surface area contributed by atoms with Crippen LogP contribution in [0, 0.1) is 11.8 Å². The van der Waals surface area contributed by atoms with Crippen molar-refractivity contribution >= 4 is 5.78 Å². The Kier molecular flexibility index (Phi) is 1.56. The Labute approximate surface area is 71.6 Å². The van der Waals surface area contributed by atoms with Gasteiger partial charge in [-0.3, -0.25) is 4.79 Å². The van der Waals surface area contributed by atoms with Crippen molar-refractivity contribution in [2.45, 2.75) is 19.8 Å². The van der Waals surface area contributed by atoms with Crippen LogP contribution in [0.3, 0.4) is 0 Å². The van der Waals surface area contributed by atoms with Crippen molar-refractivity contribution in [3.8, 4) is 0 Å². The van der Waals surface area contributed by atoms with Crippen molar-refractivity contribution in [1.29, 1.82) is 0 Å². The van der Waals surface area contributed by atoms with E-state index in [2.05, 4.69) is 0 Å². The zero-order valence-corrected chi connectivity index (χ0v) is 7.08. The fraction of sp³-hybridized carbons (Fsp3) is 0.500. The van der Waals surface area contributed by atoms with E-state index in [4.69, 9.17) is 0 Å². The van der Waals surface area contributed by atoms with Gasteiger partial charge in [-0.05, 0) is 12.8 Å². The molecule has 12 heavy (non-hydrogen) atoms. The van der Waals surface area contributed by atoms with E-state index in [1.54, 1.807) is 0 Å². The first-order chi connectivity index (χ1) is 5.74. The molecular formula is C10H12O2. The lowest BCUT2D eigenvalue weighted by molar-refractivity contribution is -0.119. The molecule has 2 rings (SSSR count). The van der Waals surface area contributed by atoms with Gasteiger partial charge in [0.1, 0.15) is 5.76 Å². The van der Waals surface area contributed by atoms with Gasteiger partial charge < -0.3 is 5.11 Å². The van der Waals surface area contributed by atoms with Crippen LogP contribution < -0.4 is 0 Å².